The van der Waals surface area contributed by atoms with E-state index in [1.807, 2.05) is 69.4 Å². The molecule has 1 aromatic heterocycles. The van der Waals surface area contributed by atoms with Gasteiger partial charge in [-0.2, -0.15) is 0 Å². The summed E-state index contributed by atoms with van der Waals surface area (Å²) in [6.45, 7) is 5.97. The predicted molar refractivity (Wildman–Crippen MR) is 104 cm³/mol. The maximum atomic E-state index is 6.60. The number of halogens is 1. The first-order chi connectivity index (χ1) is 11.6. The highest BCUT2D eigenvalue weighted by atomic mass is 35.5. The second-order valence-electron chi connectivity index (χ2n) is 5.68. The Morgan fingerprint density at radius 3 is 2.58 bits per heavy atom. The Bertz CT molecular complexity index is 1050. The summed E-state index contributed by atoms with van der Waals surface area (Å²) in [7, 11) is 0. The summed E-state index contributed by atoms with van der Waals surface area (Å²) in [5.41, 5.74) is 1.82. The van der Waals surface area contributed by atoms with Crippen LogP contribution in [0.15, 0.2) is 59.7 Å². The van der Waals surface area contributed by atoms with Crippen molar-refractivity contribution in [1.29, 1.82) is 0 Å². The maximum absolute atomic E-state index is 6.60. The maximum Gasteiger partial charge on any atom is 0.155 e. The lowest BCUT2D eigenvalue weighted by molar-refractivity contribution is 1.25. The first-order valence-corrected chi connectivity index (χ1v) is 8.31. The minimum Gasteiger partial charge on any atom is -0.236 e. The highest BCUT2D eigenvalue weighted by Crippen LogP contribution is 2.25. The van der Waals surface area contributed by atoms with Gasteiger partial charge in [-0.3, -0.25) is 0 Å². The van der Waals surface area contributed by atoms with Crippen LogP contribution in [0.25, 0.3) is 21.9 Å². The zero-order valence-electron chi connectivity index (χ0n) is 14.0. The molecule has 0 amide bonds. The van der Waals surface area contributed by atoms with Crippen LogP contribution in [-0.2, 0) is 0 Å². The molecule has 3 rings (SSSR count). The minimum atomic E-state index is 0.651. The third kappa shape index (κ3) is 3.10. The number of aryl methyl sites for hydroxylation is 1. The number of aromatic nitrogens is 1. The molecule has 0 aliphatic carbocycles. The van der Waals surface area contributed by atoms with Gasteiger partial charge in [-0.05, 0) is 31.4 Å². The molecule has 3 aromatic rings. The van der Waals surface area contributed by atoms with Crippen molar-refractivity contribution in [2.45, 2.75) is 20.8 Å². The van der Waals surface area contributed by atoms with E-state index >= 15 is 0 Å². The highest BCUT2D eigenvalue weighted by Gasteiger charge is 2.06. The molecular weight excluding hydrogens is 316 g/mol. The quantitative estimate of drug-likeness (QED) is 0.634. The fourth-order valence-electron chi connectivity index (χ4n) is 2.76. The van der Waals surface area contributed by atoms with Crippen molar-refractivity contribution in [2.75, 3.05) is 0 Å². The fraction of sp³-hybridized carbons (Fsp3) is 0.143. The summed E-state index contributed by atoms with van der Waals surface area (Å²) in [5, 5.41) is 5.02. The van der Waals surface area contributed by atoms with Crippen molar-refractivity contribution in [1.82, 2.24) is 4.98 Å². The van der Waals surface area contributed by atoms with Gasteiger partial charge in [-0.25, -0.2) is 9.98 Å². The van der Waals surface area contributed by atoms with E-state index < -0.39 is 0 Å². The Morgan fingerprint density at radius 2 is 1.79 bits per heavy atom. The lowest BCUT2D eigenvalue weighted by Gasteiger charge is -2.06. The fourth-order valence-corrected chi connectivity index (χ4v) is 2.98. The number of hydrogen-bond acceptors (Lipinski definition) is 2. The van der Waals surface area contributed by atoms with E-state index in [-0.39, 0.29) is 0 Å². The van der Waals surface area contributed by atoms with Crippen molar-refractivity contribution < 1.29 is 0 Å². The van der Waals surface area contributed by atoms with Crippen molar-refractivity contribution >= 4 is 45.0 Å². The van der Waals surface area contributed by atoms with Gasteiger partial charge in [0.1, 0.15) is 0 Å². The molecule has 0 saturated carbocycles. The summed E-state index contributed by atoms with van der Waals surface area (Å²) in [6.07, 6.45) is 3.90. The number of hydrogen-bond donors (Lipinski definition) is 0. The van der Waals surface area contributed by atoms with Crippen molar-refractivity contribution in [3.8, 4) is 0 Å². The average molecular weight is 335 g/mol. The van der Waals surface area contributed by atoms with E-state index in [1.165, 1.54) is 0 Å². The lowest BCUT2D eigenvalue weighted by Crippen LogP contribution is -2.26. The number of aliphatic imine (C=N–C) groups is 1. The largest absolute Gasteiger partial charge is 0.236 e. The minimum absolute atomic E-state index is 0.651. The first kappa shape index (κ1) is 16.4. The monoisotopic (exact) mass is 334 g/mol. The SMILES string of the molecule is C/C=c1/cccc/c1=C(Cl)/C(C)=N/c1ncc2ccccc2c1C. The molecule has 0 atom stereocenters. The van der Waals surface area contributed by atoms with Gasteiger partial charge in [-0.15, -0.1) is 0 Å². The second-order valence-corrected chi connectivity index (χ2v) is 6.06. The average Bonchev–Trinajstić information content (AvgIpc) is 2.63. The number of rotatable bonds is 2. The Balaban J connectivity index is 2.17. The molecule has 0 unspecified atom stereocenters. The summed E-state index contributed by atoms with van der Waals surface area (Å²) in [6, 6.07) is 16.2. The van der Waals surface area contributed by atoms with Gasteiger partial charge >= 0.3 is 0 Å². The number of pyridine rings is 1. The molecule has 0 aliphatic rings. The van der Waals surface area contributed by atoms with E-state index in [2.05, 4.69) is 22.1 Å². The Kier molecular flexibility index (Phi) is 4.77. The molecule has 1 heterocycles. The number of fused-ring (bicyclic) bond motifs is 1. The van der Waals surface area contributed by atoms with Crippen LogP contribution >= 0.6 is 11.6 Å². The van der Waals surface area contributed by atoms with Crippen molar-refractivity contribution in [3.05, 3.63) is 70.7 Å². The van der Waals surface area contributed by atoms with Crippen molar-refractivity contribution in [2.24, 2.45) is 4.99 Å². The van der Waals surface area contributed by atoms with Crippen LogP contribution in [0, 0.1) is 6.92 Å². The zero-order chi connectivity index (χ0) is 17.1. The van der Waals surface area contributed by atoms with Gasteiger partial charge in [0.2, 0.25) is 0 Å². The normalized spacial score (nSPS) is 14.2. The molecule has 0 aliphatic heterocycles. The van der Waals surface area contributed by atoms with Crippen LogP contribution in [0.2, 0.25) is 0 Å². The van der Waals surface area contributed by atoms with Crippen LogP contribution in [0.5, 0.6) is 0 Å². The predicted octanol–water partition coefficient (Wildman–Crippen LogP) is 4.48. The van der Waals surface area contributed by atoms with Gasteiger partial charge in [0, 0.05) is 22.4 Å². The van der Waals surface area contributed by atoms with Gasteiger partial charge in [0.25, 0.3) is 0 Å². The summed E-state index contributed by atoms with van der Waals surface area (Å²) in [4.78, 5) is 9.18. The zero-order valence-corrected chi connectivity index (χ0v) is 14.8. The van der Waals surface area contributed by atoms with Crippen LogP contribution in [0.4, 0.5) is 5.82 Å². The van der Waals surface area contributed by atoms with Crippen LogP contribution in [-0.4, -0.2) is 10.7 Å². The summed E-state index contributed by atoms with van der Waals surface area (Å²) < 4.78 is 0. The van der Waals surface area contributed by atoms with Crippen LogP contribution in [0.3, 0.4) is 0 Å². The third-order valence-corrected chi connectivity index (χ3v) is 4.60. The second kappa shape index (κ2) is 6.98. The molecule has 0 saturated heterocycles. The van der Waals surface area contributed by atoms with E-state index in [1.54, 1.807) is 0 Å². The molecule has 120 valence electrons. The van der Waals surface area contributed by atoms with E-state index in [4.69, 9.17) is 11.6 Å². The van der Waals surface area contributed by atoms with E-state index in [0.29, 0.717) is 10.9 Å². The Hall–Kier alpha value is -2.45. The molecule has 2 aromatic carbocycles. The highest BCUT2D eigenvalue weighted by molar-refractivity contribution is 6.61. The lowest BCUT2D eigenvalue weighted by atomic mass is 10.1. The smallest absolute Gasteiger partial charge is 0.155 e. The van der Waals surface area contributed by atoms with Gasteiger partial charge < -0.3 is 0 Å². The topological polar surface area (TPSA) is 25.2 Å². The van der Waals surface area contributed by atoms with E-state index in [9.17, 15) is 0 Å². The van der Waals surface area contributed by atoms with Gasteiger partial charge in [0.05, 0.1) is 10.7 Å². The number of benzene rings is 2. The molecule has 0 radical (unpaired) electrons. The van der Waals surface area contributed by atoms with Crippen LogP contribution < -0.4 is 10.4 Å². The molecule has 0 spiro atoms. The molecule has 0 bridgehead atoms. The van der Waals surface area contributed by atoms with Crippen molar-refractivity contribution in [3.63, 3.8) is 0 Å². The summed E-state index contributed by atoms with van der Waals surface area (Å²) >= 11 is 6.60. The molecule has 0 N–H and O–H groups in total. The molecular formula is C21H19ClN2. The molecule has 2 nitrogen and oxygen atoms in total. The summed E-state index contributed by atoms with van der Waals surface area (Å²) in [5.74, 6) is 0.710. The molecule has 0 fully saturated rings. The Labute approximate surface area is 146 Å². The standard InChI is InChI=1S/C21H19ClN2/c1-4-16-9-5-8-12-19(16)20(22)15(3)24-21-14(2)18-11-7-6-10-17(18)13-23-21/h4-13H,1-3H3/b16-4-,20-19+,24-15+. The molecule has 3 heteroatoms. The van der Waals surface area contributed by atoms with Crippen LogP contribution in [0.1, 0.15) is 19.4 Å². The Morgan fingerprint density at radius 1 is 1.08 bits per heavy atom. The van der Waals surface area contributed by atoms with Gasteiger partial charge in [0.15, 0.2) is 5.82 Å². The van der Waals surface area contributed by atoms with Gasteiger partial charge in [-0.1, -0.05) is 66.2 Å². The first-order valence-electron chi connectivity index (χ1n) is 7.93. The van der Waals surface area contributed by atoms with E-state index in [0.717, 1.165) is 32.5 Å². The number of nitrogens with zero attached hydrogens (tertiary/aromatic N) is 2. The third-order valence-electron chi connectivity index (χ3n) is 4.13. The molecule has 24 heavy (non-hydrogen) atoms.